The second-order valence-corrected chi connectivity index (χ2v) is 10.6. The Balaban J connectivity index is 2.08. The van der Waals surface area contributed by atoms with Gasteiger partial charge < -0.3 is 20.1 Å². The number of carbonyl (C=O) groups is 2. The minimum absolute atomic E-state index is 0.231. The lowest BCUT2D eigenvalue weighted by Gasteiger charge is -2.27. The molecule has 0 saturated heterocycles. The molecule has 0 bridgehead atoms. The van der Waals surface area contributed by atoms with Gasteiger partial charge >= 0.3 is 6.09 Å². The van der Waals surface area contributed by atoms with Crippen molar-refractivity contribution in [1.82, 2.24) is 10.6 Å². The molecule has 2 aromatic carbocycles. The van der Waals surface area contributed by atoms with Gasteiger partial charge in [0.15, 0.2) is 0 Å². The first-order valence-electron chi connectivity index (χ1n) is 10.7. The highest BCUT2D eigenvalue weighted by atomic mass is 35.5. The molecule has 0 spiro atoms. The molecule has 0 saturated carbocycles. The van der Waals surface area contributed by atoms with Gasteiger partial charge in [-0.2, -0.15) is 0 Å². The van der Waals surface area contributed by atoms with Crippen LogP contribution in [0.4, 0.5) is 4.79 Å². The Morgan fingerprint density at radius 3 is 2.03 bits per heavy atom. The van der Waals surface area contributed by atoms with Crippen molar-refractivity contribution in [3.8, 4) is 5.75 Å². The van der Waals surface area contributed by atoms with E-state index in [1.54, 1.807) is 51.1 Å². The Morgan fingerprint density at radius 1 is 0.939 bits per heavy atom. The predicted molar refractivity (Wildman–Crippen MR) is 132 cm³/mol. The maximum absolute atomic E-state index is 12.8. The second-order valence-electron chi connectivity index (χ2n) is 9.78. The predicted octanol–water partition coefficient (Wildman–Crippen LogP) is 5.92. The van der Waals surface area contributed by atoms with Crippen LogP contribution >= 0.6 is 23.2 Å². The Morgan fingerprint density at radius 2 is 1.52 bits per heavy atom. The Kier molecular flexibility index (Phi) is 9.04. The fourth-order valence-corrected chi connectivity index (χ4v) is 3.41. The van der Waals surface area contributed by atoms with Crippen molar-refractivity contribution >= 4 is 35.2 Å². The van der Waals surface area contributed by atoms with Gasteiger partial charge in [-0.05, 0) is 71.4 Å². The lowest BCUT2D eigenvalue weighted by Crippen LogP contribution is -2.53. The molecular formula is C25H32Cl2N2O4. The van der Waals surface area contributed by atoms with E-state index in [-0.39, 0.29) is 18.9 Å². The molecule has 0 aromatic heterocycles. The van der Waals surface area contributed by atoms with Crippen molar-refractivity contribution in [2.75, 3.05) is 0 Å². The standard InChI is InChI=1S/C25H32Cl2N2O4/c1-24(2,3)29-22(30)21(28-23(31)33-25(4,5)6)14-16-10-12-17(13-11-16)32-15-18-19(26)8-7-9-20(18)27/h7-13,21H,14-15H2,1-6H3,(H,28,31)(H,29,30). The second kappa shape index (κ2) is 11.1. The van der Waals surface area contributed by atoms with Gasteiger partial charge in [-0.25, -0.2) is 4.79 Å². The van der Waals surface area contributed by atoms with Crippen LogP contribution in [0, 0.1) is 0 Å². The zero-order chi connectivity index (χ0) is 24.8. The Labute approximate surface area is 205 Å². The molecule has 8 heteroatoms. The van der Waals surface area contributed by atoms with E-state index in [0.29, 0.717) is 21.4 Å². The molecular weight excluding hydrogens is 463 g/mol. The third-order valence-corrected chi connectivity index (χ3v) is 5.02. The van der Waals surface area contributed by atoms with Gasteiger partial charge in [0.05, 0.1) is 0 Å². The minimum atomic E-state index is -0.798. The first kappa shape index (κ1) is 26.8. The van der Waals surface area contributed by atoms with E-state index in [2.05, 4.69) is 10.6 Å². The fourth-order valence-electron chi connectivity index (χ4n) is 2.90. The summed E-state index contributed by atoms with van der Waals surface area (Å²) < 4.78 is 11.1. The lowest BCUT2D eigenvalue weighted by atomic mass is 10.0. The molecule has 2 aromatic rings. The first-order chi connectivity index (χ1) is 15.2. The van der Waals surface area contributed by atoms with Crippen LogP contribution in [-0.2, 0) is 22.6 Å². The summed E-state index contributed by atoms with van der Waals surface area (Å²) in [6.07, 6.45) is -0.356. The van der Waals surface area contributed by atoms with Gasteiger partial charge in [-0.1, -0.05) is 41.4 Å². The SMILES string of the molecule is CC(C)(C)NC(=O)C(Cc1ccc(OCc2c(Cl)cccc2Cl)cc1)NC(=O)OC(C)(C)C. The number of benzene rings is 2. The Hall–Kier alpha value is -2.44. The summed E-state index contributed by atoms with van der Waals surface area (Å²) in [5.74, 6) is 0.340. The van der Waals surface area contributed by atoms with Crippen LogP contribution in [0.25, 0.3) is 0 Å². The van der Waals surface area contributed by atoms with Gasteiger partial charge in [-0.3, -0.25) is 4.79 Å². The van der Waals surface area contributed by atoms with Crippen molar-refractivity contribution in [3.05, 3.63) is 63.6 Å². The maximum Gasteiger partial charge on any atom is 0.408 e. The monoisotopic (exact) mass is 494 g/mol. The summed E-state index contributed by atoms with van der Waals surface area (Å²) in [5, 5.41) is 6.68. The summed E-state index contributed by atoms with van der Waals surface area (Å²) in [6.45, 7) is 11.2. The number of halogens is 2. The van der Waals surface area contributed by atoms with E-state index >= 15 is 0 Å². The molecule has 0 aliphatic rings. The van der Waals surface area contributed by atoms with Crippen LogP contribution in [0.5, 0.6) is 5.75 Å². The average Bonchev–Trinajstić information content (AvgIpc) is 2.65. The number of nitrogens with one attached hydrogen (secondary N) is 2. The molecule has 0 fully saturated rings. The molecule has 180 valence electrons. The topological polar surface area (TPSA) is 76.7 Å². The zero-order valence-electron chi connectivity index (χ0n) is 19.9. The highest BCUT2D eigenvalue weighted by Gasteiger charge is 2.27. The number of hydrogen-bond acceptors (Lipinski definition) is 4. The van der Waals surface area contributed by atoms with E-state index in [9.17, 15) is 9.59 Å². The fraction of sp³-hybridized carbons (Fsp3) is 0.440. The van der Waals surface area contributed by atoms with Crippen molar-refractivity contribution in [2.45, 2.75) is 71.8 Å². The number of ether oxygens (including phenoxy) is 2. The van der Waals surface area contributed by atoms with Gasteiger partial charge in [-0.15, -0.1) is 0 Å². The van der Waals surface area contributed by atoms with E-state index < -0.39 is 23.3 Å². The molecule has 0 aliphatic carbocycles. The molecule has 1 unspecified atom stereocenters. The number of hydrogen-bond donors (Lipinski definition) is 2. The van der Waals surface area contributed by atoms with Gasteiger partial charge in [0, 0.05) is 27.6 Å². The van der Waals surface area contributed by atoms with Crippen molar-refractivity contribution in [3.63, 3.8) is 0 Å². The quantitative estimate of drug-likeness (QED) is 0.500. The normalized spacial score (nSPS) is 12.6. The molecule has 6 nitrogen and oxygen atoms in total. The molecule has 1 atom stereocenters. The van der Waals surface area contributed by atoms with Crippen molar-refractivity contribution in [2.24, 2.45) is 0 Å². The van der Waals surface area contributed by atoms with Crippen LogP contribution in [0.2, 0.25) is 10.0 Å². The molecule has 2 N–H and O–H groups in total. The molecule has 33 heavy (non-hydrogen) atoms. The molecule has 0 heterocycles. The summed E-state index contributed by atoms with van der Waals surface area (Å²) in [6, 6.07) is 11.8. The van der Waals surface area contributed by atoms with E-state index in [1.165, 1.54) is 0 Å². The minimum Gasteiger partial charge on any atom is -0.489 e. The van der Waals surface area contributed by atoms with Crippen LogP contribution in [-0.4, -0.2) is 29.2 Å². The summed E-state index contributed by atoms with van der Waals surface area (Å²) in [4.78, 5) is 25.1. The van der Waals surface area contributed by atoms with E-state index in [0.717, 1.165) is 5.56 Å². The summed E-state index contributed by atoms with van der Waals surface area (Å²) in [7, 11) is 0. The van der Waals surface area contributed by atoms with Crippen molar-refractivity contribution < 1.29 is 19.1 Å². The van der Waals surface area contributed by atoms with Crippen LogP contribution < -0.4 is 15.4 Å². The highest BCUT2D eigenvalue weighted by Crippen LogP contribution is 2.26. The van der Waals surface area contributed by atoms with Gasteiger partial charge in [0.25, 0.3) is 0 Å². The lowest BCUT2D eigenvalue weighted by molar-refractivity contribution is -0.124. The summed E-state index contributed by atoms with van der Waals surface area (Å²) in [5.41, 5.74) is 0.454. The van der Waals surface area contributed by atoms with E-state index in [4.69, 9.17) is 32.7 Å². The third kappa shape index (κ3) is 9.52. The smallest absolute Gasteiger partial charge is 0.408 e. The molecule has 2 rings (SSSR count). The zero-order valence-corrected chi connectivity index (χ0v) is 21.4. The number of carbonyl (C=O) groups excluding carboxylic acids is 2. The summed E-state index contributed by atoms with van der Waals surface area (Å²) >= 11 is 12.4. The number of amides is 2. The van der Waals surface area contributed by atoms with Gasteiger partial charge in [0.2, 0.25) is 5.91 Å². The molecule has 0 aliphatic heterocycles. The van der Waals surface area contributed by atoms with Crippen LogP contribution in [0.3, 0.4) is 0 Å². The first-order valence-corrected chi connectivity index (χ1v) is 11.5. The number of alkyl carbamates (subject to hydrolysis) is 1. The molecule has 2 amide bonds. The molecule has 0 radical (unpaired) electrons. The largest absolute Gasteiger partial charge is 0.489 e. The average molecular weight is 495 g/mol. The van der Waals surface area contributed by atoms with Crippen molar-refractivity contribution in [1.29, 1.82) is 0 Å². The highest BCUT2D eigenvalue weighted by molar-refractivity contribution is 6.35. The van der Waals surface area contributed by atoms with Gasteiger partial charge in [0.1, 0.15) is 24.0 Å². The Bertz CT molecular complexity index is 944. The van der Waals surface area contributed by atoms with E-state index in [1.807, 2.05) is 32.9 Å². The number of rotatable bonds is 7. The third-order valence-electron chi connectivity index (χ3n) is 4.31. The van der Waals surface area contributed by atoms with Crippen LogP contribution in [0.15, 0.2) is 42.5 Å². The maximum atomic E-state index is 12.8. The van der Waals surface area contributed by atoms with Crippen LogP contribution in [0.1, 0.15) is 52.7 Å².